The molecule has 0 radical (unpaired) electrons. The van der Waals surface area contributed by atoms with Crippen LogP contribution in [0.2, 0.25) is 0 Å². The molecule has 1 aliphatic rings. The molecule has 1 N–H and O–H groups in total. The Bertz CT molecular complexity index is 436. The second-order valence-corrected chi connectivity index (χ2v) is 4.94. The van der Waals surface area contributed by atoms with Crippen molar-refractivity contribution >= 4 is 5.69 Å². The summed E-state index contributed by atoms with van der Waals surface area (Å²) in [6.07, 6.45) is 4.64. The van der Waals surface area contributed by atoms with E-state index in [-0.39, 0.29) is 10.6 Å². The number of nitrogens with one attached hydrogen (secondary N) is 1. The van der Waals surface area contributed by atoms with Crippen LogP contribution in [0.1, 0.15) is 37.1 Å². The van der Waals surface area contributed by atoms with Gasteiger partial charge in [-0.3, -0.25) is 14.8 Å². The van der Waals surface area contributed by atoms with E-state index in [0.29, 0.717) is 17.4 Å². The monoisotopic (exact) mass is 252 g/mol. The summed E-state index contributed by atoms with van der Waals surface area (Å²) in [6.45, 7) is 5.35. The summed E-state index contributed by atoms with van der Waals surface area (Å²) in [4.78, 5) is 10.5. The normalized spacial score (nSPS) is 19.3. The van der Waals surface area contributed by atoms with E-state index in [1.54, 1.807) is 18.5 Å². The van der Waals surface area contributed by atoms with Gasteiger partial charge in [-0.25, -0.2) is 0 Å². The molecule has 2 heterocycles. The molecule has 1 saturated heterocycles. The smallest absolute Gasteiger partial charge is 0.312 e. The van der Waals surface area contributed by atoms with Gasteiger partial charge >= 0.3 is 5.69 Å². The number of rotatable bonds is 5. The molecule has 100 valence electrons. The van der Waals surface area contributed by atoms with E-state index in [9.17, 15) is 10.1 Å². The highest BCUT2D eigenvalue weighted by molar-refractivity contribution is 5.39. The summed E-state index contributed by atoms with van der Waals surface area (Å²) < 4.78 is 1.77. The third-order valence-corrected chi connectivity index (χ3v) is 3.61. The molecule has 6 nitrogen and oxygen atoms in total. The summed E-state index contributed by atoms with van der Waals surface area (Å²) in [5.41, 5.74) is 1.34. The topological polar surface area (TPSA) is 73.0 Å². The molecule has 1 aromatic rings. The van der Waals surface area contributed by atoms with Crippen LogP contribution in [-0.2, 0) is 6.54 Å². The van der Waals surface area contributed by atoms with Crippen LogP contribution in [-0.4, -0.2) is 27.3 Å². The number of nitro groups is 1. The number of hydrogen-bond acceptors (Lipinski definition) is 4. The van der Waals surface area contributed by atoms with Crippen molar-refractivity contribution in [3.8, 4) is 0 Å². The van der Waals surface area contributed by atoms with E-state index in [2.05, 4.69) is 10.4 Å². The molecular formula is C12H20N4O2. The highest BCUT2D eigenvalue weighted by atomic mass is 16.6. The van der Waals surface area contributed by atoms with E-state index >= 15 is 0 Å². The maximum atomic E-state index is 10.9. The predicted octanol–water partition coefficient (Wildman–Crippen LogP) is 1.94. The average Bonchev–Trinajstić information content (AvgIpc) is 2.88. The van der Waals surface area contributed by atoms with Gasteiger partial charge in [0.15, 0.2) is 0 Å². The fourth-order valence-corrected chi connectivity index (χ4v) is 2.66. The SMILES string of the molecule is Cc1nn(CCCC2CCCN2)c(C)c1[N+](=O)[O-]. The Labute approximate surface area is 107 Å². The Hall–Kier alpha value is -1.43. The zero-order chi connectivity index (χ0) is 13.1. The van der Waals surface area contributed by atoms with Gasteiger partial charge in [-0.05, 0) is 46.1 Å². The van der Waals surface area contributed by atoms with Gasteiger partial charge in [0, 0.05) is 12.6 Å². The fraction of sp³-hybridized carbons (Fsp3) is 0.750. The van der Waals surface area contributed by atoms with Gasteiger partial charge in [0.1, 0.15) is 11.4 Å². The number of aryl methyl sites for hydroxylation is 2. The molecule has 0 spiro atoms. The molecule has 2 rings (SSSR count). The van der Waals surface area contributed by atoms with Crippen LogP contribution in [0.15, 0.2) is 0 Å². The van der Waals surface area contributed by atoms with Gasteiger partial charge in [-0.2, -0.15) is 5.10 Å². The van der Waals surface area contributed by atoms with Crippen molar-refractivity contribution in [2.45, 2.75) is 52.1 Å². The molecule has 0 saturated carbocycles. The first-order valence-electron chi connectivity index (χ1n) is 6.51. The maximum Gasteiger partial charge on any atom is 0.312 e. The quantitative estimate of drug-likeness (QED) is 0.642. The molecule has 1 atom stereocenters. The Morgan fingerprint density at radius 1 is 1.56 bits per heavy atom. The van der Waals surface area contributed by atoms with Crippen molar-refractivity contribution in [1.82, 2.24) is 15.1 Å². The molecule has 0 aromatic carbocycles. The number of hydrogen-bond donors (Lipinski definition) is 1. The Kier molecular flexibility index (Phi) is 3.96. The molecule has 6 heteroatoms. The van der Waals surface area contributed by atoms with Gasteiger partial charge in [-0.1, -0.05) is 0 Å². The first-order valence-corrected chi connectivity index (χ1v) is 6.51. The second kappa shape index (κ2) is 5.48. The van der Waals surface area contributed by atoms with Crippen molar-refractivity contribution in [2.24, 2.45) is 0 Å². The van der Waals surface area contributed by atoms with Crippen molar-refractivity contribution in [2.75, 3.05) is 6.54 Å². The molecule has 1 aliphatic heterocycles. The van der Waals surface area contributed by atoms with Gasteiger partial charge in [-0.15, -0.1) is 0 Å². The average molecular weight is 252 g/mol. The van der Waals surface area contributed by atoms with Crippen molar-refractivity contribution < 1.29 is 4.92 Å². The summed E-state index contributed by atoms with van der Waals surface area (Å²) in [5, 5.41) is 18.6. The molecule has 0 aliphatic carbocycles. The van der Waals surface area contributed by atoms with Crippen LogP contribution in [0.4, 0.5) is 5.69 Å². The van der Waals surface area contributed by atoms with Crippen molar-refractivity contribution in [3.63, 3.8) is 0 Å². The zero-order valence-electron chi connectivity index (χ0n) is 11.0. The highest BCUT2D eigenvalue weighted by Crippen LogP contribution is 2.22. The Balaban J connectivity index is 1.93. The molecule has 1 fully saturated rings. The highest BCUT2D eigenvalue weighted by Gasteiger charge is 2.21. The van der Waals surface area contributed by atoms with E-state index in [4.69, 9.17) is 0 Å². The molecule has 0 bridgehead atoms. The van der Waals surface area contributed by atoms with Gasteiger partial charge in [0.2, 0.25) is 0 Å². The maximum absolute atomic E-state index is 10.9. The summed E-state index contributed by atoms with van der Waals surface area (Å²) in [7, 11) is 0. The minimum absolute atomic E-state index is 0.161. The lowest BCUT2D eigenvalue weighted by Gasteiger charge is -2.09. The minimum atomic E-state index is -0.341. The Morgan fingerprint density at radius 3 is 2.89 bits per heavy atom. The van der Waals surface area contributed by atoms with Gasteiger partial charge in [0.05, 0.1) is 4.92 Å². The van der Waals surface area contributed by atoms with Crippen LogP contribution in [0.5, 0.6) is 0 Å². The van der Waals surface area contributed by atoms with E-state index in [1.165, 1.54) is 12.8 Å². The minimum Gasteiger partial charge on any atom is -0.314 e. The summed E-state index contributed by atoms with van der Waals surface area (Å²) in [5.74, 6) is 0. The molecule has 0 amide bonds. The van der Waals surface area contributed by atoms with E-state index < -0.39 is 0 Å². The summed E-state index contributed by atoms with van der Waals surface area (Å²) in [6, 6.07) is 0.622. The largest absolute Gasteiger partial charge is 0.314 e. The molecule has 1 aromatic heterocycles. The van der Waals surface area contributed by atoms with Gasteiger partial charge in [0.25, 0.3) is 0 Å². The number of nitrogens with zero attached hydrogens (tertiary/aromatic N) is 3. The fourth-order valence-electron chi connectivity index (χ4n) is 2.66. The Morgan fingerprint density at radius 2 is 2.33 bits per heavy atom. The first-order chi connectivity index (χ1) is 8.59. The number of aromatic nitrogens is 2. The van der Waals surface area contributed by atoms with Crippen molar-refractivity contribution in [3.05, 3.63) is 21.5 Å². The van der Waals surface area contributed by atoms with Crippen molar-refractivity contribution in [1.29, 1.82) is 0 Å². The lowest BCUT2D eigenvalue weighted by atomic mass is 10.1. The van der Waals surface area contributed by atoms with E-state index in [0.717, 1.165) is 25.9 Å². The lowest BCUT2D eigenvalue weighted by molar-refractivity contribution is -0.386. The molecule has 18 heavy (non-hydrogen) atoms. The third-order valence-electron chi connectivity index (χ3n) is 3.61. The van der Waals surface area contributed by atoms with Crippen LogP contribution in [0, 0.1) is 24.0 Å². The van der Waals surface area contributed by atoms with Crippen LogP contribution >= 0.6 is 0 Å². The van der Waals surface area contributed by atoms with E-state index in [1.807, 2.05) is 0 Å². The van der Waals surface area contributed by atoms with Crippen LogP contribution < -0.4 is 5.32 Å². The lowest BCUT2D eigenvalue weighted by Crippen LogP contribution is -2.21. The molecule has 1 unspecified atom stereocenters. The van der Waals surface area contributed by atoms with Gasteiger partial charge < -0.3 is 5.32 Å². The second-order valence-electron chi connectivity index (χ2n) is 4.94. The third kappa shape index (κ3) is 2.69. The first kappa shape index (κ1) is 13.0. The molecular weight excluding hydrogens is 232 g/mol. The zero-order valence-corrected chi connectivity index (χ0v) is 11.0. The van der Waals surface area contributed by atoms with Crippen LogP contribution in [0.3, 0.4) is 0 Å². The summed E-state index contributed by atoms with van der Waals surface area (Å²) >= 11 is 0. The standard InChI is InChI=1S/C12H20N4O2/c1-9-12(16(17)18)10(2)15(14-9)8-4-6-11-5-3-7-13-11/h11,13H,3-8H2,1-2H3. The van der Waals surface area contributed by atoms with Crippen LogP contribution in [0.25, 0.3) is 0 Å². The predicted molar refractivity (Wildman–Crippen MR) is 68.6 cm³/mol.